The molecule has 0 bridgehead atoms. The van der Waals surface area contributed by atoms with E-state index in [4.69, 9.17) is 4.74 Å². The van der Waals surface area contributed by atoms with E-state index in [1.165, 1.54) is 4.90 Å². The van der Waals surface area contributed by atoms with Crippen LogP contribution in [0.15, 0.2) is 30.3 Å². The molecule has 2 aromatic rings. The van der Waals surface area contributed by atoms with Crippen molar-refractivity contribution in [2.75, 3.05) is 13.7 Å². The topological polar surface area (TPSA) is 71.8 Å². The number of carbonyl (C=O) groups excluding carboxylic acids is 1. The number of carboxylic acid groups (broad SMARTS) is 1. The maximum atomic E-state index is 12.9. The number of rotatable bonds is 4. The minimum atomic E-state index is -0.935. The fraction of sp³-hybridized carbons (Fsp3) is 0.368. The Balaban J connectivity index is 1.96. The minimum Gasteiger partial charge on any atom is -0.497 e. The van der Waals surface area contributed by atoms with Crippen LogP contribution in [0.2, 0.25) is 0 Å². The molecule has 1 fully saturated rings. The number of nitrogens with zero attached hydrogens (tertiary/aromatic N) is 2. The molecule has 0 aliphatic carbocycles. The Morgan fingerprint density at radius 2 is 1.88 bits per heavy atom. The highest BCUT2D eigenvalue weighted by Gasteiger charge is 2.35. The van der Waals surface area contributed by atoms with Crippen LogP contribution >= 0.6 is 0 Å². The second-order valence-corrected chi connectivity index (χ2v) is 6.31. The number of hydrogen-bond donors (Lipinski definition) is 1. The molecule has 2 heterocycles. The van der Waals surface area contributed by atoms with Crippen LogP contribution in [0, 0.1) is 13.8 Å². The number of amides is 1. The fourth-order valence-electron chi connectivity index (χ4n) is 3.53. The molecule has 1 saturated heterocycles. The molecule has 3 rings (SSSR count). The molecule has 1 amide bonds. The Labute approximate surface area is 146 Å². The number of carbonyl (C=O) groups is 2. The third kappa shape index (κ3) is 2.99. The first kappa shape index (κ1) is 17.1. The van der Waals surface area contributed by atoms with Crippen molar-refractivity contribution < 1.29 is 19.4 Å². The third-order valence-corrected chi connectivity index (χ3v) is 4.79. The molecular weight excluding hydrogens is 320 g/mol. The van der Waals surface area contributed by atoms with Gasteiger partial charge in [-0.3, -0.25) is 4.79 Å². The zero-order valence-electron chi connectivity index (χ0n) is 14.7. The van der Waals surface area contributed by atoms with Crippen LogP contribution < -0.4 is 4.74 Å². The standard InChI is InChI=1S/C19H22N2O4/c1-12-11-16(18(22)20-10-4-5-17(20)19(23)24)13(2)21(12)14-6-8-15(25-3)9-7-14/h6-9,11,17H,4-5,10H2,1-3H3,(H,23,24). The van der Waals surface area contributed by atoms with Crippen molar-refractivity contribution in [1.29, 1.82) is 0 Å². The Bertz CT molecular complexity index is 808. The van der Waals surface area contributed by atoms with Gasteiger partial charge in [0.1, 0.15) is 11.8 Å². The van der Waals surface area contributed by atoms with Crippen molar-refractivity contribution in [2.24, 2.45) is 0 Å². The number of likely N-dealkylation sites (tertiary alicyclic amines) is 1. The first-order valence-corrected chi connectivity index (χ1v) is 8.31. The van der Waals surface area contributed by atoms with Gasteiger partial charge in [-0.05, 0) is 57.0 Å². The predicted octanol–water partition coefficient (Wildman–Crippen LogP) is 2.79. The van der Waals surface area contributed by atoms with Gasteiger partial charge >= 0.3 is 5.97 Å². The van der Waals surface area contributed by atoms with E-state index in [1.807, 2.05) is 48.7 Å². The van der Waals surface area contributed by atoms with Crippen molar-refractivity contribution >= 4 is 11.9 Å². The van der Waals surface area contributed by atoms with E-state index in [-0.39, 0.29) is 5.91 Å². The summed E-state index contributed by atoms with van der Waals surface area (Å²) in [5, 5.41) is 9.32. The quantitative estimate of drug-likeness (QED) is 0.927. The number of ether oxygens (including phenoxy) is 1. The van der Waals surface area contributed by atoms with E-state index in [9.17, 15) is 14.7 Å². The van der Waals surface area contributed by atoms with Gasteiger partial charge in [0, 0.05) is 23.6 Å². The molecule has 1 aromatic heterocycles. The molecule has 1 unspecified atom stereocenters. The number of hydrogen-bond acceptors (Lipinski definition) is 3. The van der Waals surface area contributed by atoms with Gasteiger partial charge in [0.05, 0.1) is 12.7 Å². The van der Waals surface area contributed by atoms with Gasteiger partial charge in [0.15, 0.2) is 0 Å². The molecule has 6 heteroatoms. The highest BCUT2D eigenvalue weighted by atomic mass is 16.5. The van der Waals surface area contributed by atoms with Crippen LogP contribution in [0.3, 0.4) is 0 Å². The summed E-state index contributed by atoms with van der Waals surface area (Å²) in [4.78, 5) is 25.8. The highest BCUT2D eigenvalue weighted by molar-refractivity contribution is 5.98. The second kappa shape index (κ2) is 6.63. The summed E-state index contributed by atoms with van der Waals surface area (Å²) in [7, 11) is 1.62. The van der Waals surface area contributed by atoms with E-state index >= 15 is 0 Å². The number of carboxylic acids is 1. The number of aromatic nitrogens is 1. The van der Waals surface area contributed by atoms with Crippen molar-refractivity contribution in [3.63, 3.8) is 0 Å². The molecule has 0 radical (unpaired) electrons. The van der Waals surface area contributed by atoms with Crippen molar-refractivity contribution in [1.82, 2.24) is 9.47 Å². The van der Waals surface area contributed by atoms with E-state index in [0.717, 1.165) is 29.2 Å². The summed E-state index contributed by atoms with van der Waals surface area (Å²) in [5.41, 5.74) is 3.23. The van der Waals surface area contributed by atoms with Crippen molar-refractivity contribution in [3.05, 3.63) is 47.3 Å². The summed E-state index contributed by atoms with van der Waals surface area (Å²) in [6.07, 6.45) is 1.23. The van der Waals surface area contributed by atoms with Gasteiger partial charge in [0.25, 0.3) is 5.91 Å². The Morgan fingerprint density at radius 3 is 2.48 bits per heavy atom. The van der Waals surface area contributed by atoms with E-state index < -0.39 is 12.0 Å². The van der Waals surface area contributed by atoms with Crippen molar-refractivity contribution in [2.45, 2.75) is 32.7 Å². The van der Waals surface area contributed by atoms with E-state index in [1.54, 1.807) is 7.11 Å². The molecule has 1 atom stereocenters. The van der Waals surface area contributed by atoms with E-state index in [0.29, 0.717) is 18.5 Å². The number of aliphatic carboxylic acids is 1. The van der Waals surface area contributed by atoms with Crippen LogP contribution in [0.25, 0.3) is 5.69 Å². The molecule has 1 aliphatic rings. The molecule has 6 nitrogen and oxygen atoms in total. The zero-order chi connectivity index (χ0) is 18.1. The molecule has 1 N–H and O–H groups in total. The summed E-state index contributed by atoms with van der Waals surface area (Å²) in [6.45, 7) is 4.31. The average Bonchev–Trinajstić information content (AvgIpc) is 3.19. The molecule has 0 saturated carbocycles. The lowest BCUT2D eigenvalue weighted by Gasteiger charge is -2.21. The molecule has 0 spiro atoms. The first-order valence-electron chi connectivity index (χ1n) is 8.31. The number of benzene rings is 1. The van der Waals surface area contributed by atoms with Crippen LogP contribution in [0.4, 0.5) is 0 Å². The third-order valence-electron chi connectivity index (χ3n) is 4.79. The van der Waals surface area contributed by atoms with Gasteiger partial charge < -0.3 is 19.3 Å². The molecule has 132 valence electrons. The predicted molar refractivity (Wildman–Crippen MR) is 93.5 cm³/mol. The summed E-state index contributed by atoms with van der Waals surface area (Å²) in [6, 6.07) is 8.72. The number of methoxy groups -OCH3 is 1. The first-order chi connectivity index (χ1) is 11.9. The fourth-order valence-corrected chi connectivity index (χ4v) is 3.53. The average molecular weight is 342 g/mol. The minimum absolute atomic E-state index is 0.210. The lowest BCUT2D eigenvalue weighted by molar-refractivity contribution is -0.141. The maximum absolute atomic E-state index is 12.9. The number of aryl methyl sites for hydroxylation is 1. The summed E-state index contributed by atoms with van der Waals surface area (Å²) in [5.74, 6) is -0.378. The van der Waals surface area contributed by atoms with Gasteiger partial charge in [-0.25, -0.2) is 4.79 Å². The van der Waals surface area contributed by atoms with Crippen LogP contribution in [-0.2, 0) is 4.79 Å². The van der Waals surface area contributed by atoms with Crippen LogP contribution in [-0.4, -0.2) is 46.1 Å². The largest absolute Gasteiger partial charge is 0.497 e. The SMILES string of the molecule is COc1ccc(-n2c(C)cc(C(=O)N3CCCC3C(=O)O)c2C)cc1. The highest BCUT2D eigenvalue weighted by Crippen LogP contribution is 2.26. The molecule has 25 heavy (non-hydrogen) atoms. The normalized spacial score (nSPS) is 16.9. The molecule has 1 aromatic carbocycles. The summed E-state index contributed by atoms with van der Waals surface area (Å²) < 4.78 is 7.18. The molecular formula is C19H22N2O4. The second-order valence-electron chi connectivity index (χ2n) is 6.31. The lowest BCUT2D eigenvalue weighted by Crippen LogP contribution is -2.40. The Hall–Kier alpha value is -2.76. The van der Waals surface area contributed by atoms with Crippen LogP contribution in [0.5, 0.6) is 5.75 Å². The Morgan fingerprint density at radius 1 is 1.20 bits per heavy atom. The smallest absolute Gasteiger partial charge is 0.326 e. The van der Waals surface area contributed by atoms with Gasteiger partial charge in [0.2, 0.25) is 0 Å². The lowest BCUT2D eigenvalue weighted by atomic mass is 10.2. The zero-order valence-corrected chi connectivity index (χ0v) is 14.7. The van der Waals surface area contributed by atoms with E-state index in [2.05, 4.69) is 0 Å². The van der Waals surface area contributed by atoms with Gasteiger partial charge in [-0.15, -0.1) is 0 Å². The van der Waals surface area contributed by atoms with Gasteiger partial charge in [-0.1, -0.05) is 0 Å². The molecule has 1 aliphatic heterocycles. The summed E-state index contributed by atoms with van der Waals surface area (Å²) >= 11 is 0. The monoisotopic (exact) mass is 342 g/mol. The van der Waals surface area contributed by atoms with Gasteiger partial charge in [-0.2, -0.15) is 0 Å². The van der Waals surface area contributed by atoms with Crippen molar-refractivity contribution in [3.8, 4) is 11.4 Å². The maximum Gasteiger partial charge on any atom is 0.326 e. The Kier molecular flexibility index (Phi) is 4.53. The van der Waals surface area contributed by atoms with Crippen LogP contribution in [0.1, 0.15) is 34.6 Å².